The Balaban J connectivity index is 1.41. The van der Waals surface area contributed by atoms with E-state index in [0.29, 0.717) is 24.1 Å². The number of nitro groups is 1. The molecule has 0 bridgehead atoms. The zero-order chi connectivity index (χ0) is 26.9. The number of imidazole rings is 1. The van der Waals surface area contributed by atoms with Crippen LogP contribution in [0.15, 0.2) is 47.3 Å². The summed E-state index contributed by atoms with van der Waals surface area (Å²) in [7, 11) is 1.60. The number of carboxylic acids is 1. The third kappa shape index (κ3) is 3.28. The quantitative estimate of drug-likeness (QED) is 0.228. The number of urea groups is 1. The number of likely N-dealkylation sites (N-methyl/N-ethyl adjacent to an activating group) is 1. The van der Waals surface area contributed by atoms with Crippen LogP contribution in [0.25, 0.3) is 21.9 Å². The van der Waals surface area contributed by atoms with Gasteiger partial charge >= 0.3 is 17.7 Å². The van der Waals surface area contributed by atoms with Crippen LogP contribution in [-0.4, -0.2) is 59.5 Å². The normalized spacial score (nSPS) is 18.5. The average Bonchev–Trinajstić information content (AvgIpc) is 3.44. The number of carbonyl (C=O) groups excluding carboxylic acids is 2. The molecule has 13 nitrogen and oxygen atoms in total. The molecule has 3 heterocycles. The first-order valence-electron chi connectivity index (χ1n) is 11.7. The second kappa shape index (κ2) is 7.96. The van der Waals surface area contributed by atoms with E-state index in [1.807, 2.05) is 18.2 Å². The fraction of sp³-hybridized carbons (Fsp3) is 0.240. The van der Waals surface area contributed by atoms with E-state index >= 15 is 0 Å². The third-order valence-electron chi connectivity index (χ3n) is 7.45. The smallest absolute Gasteiger partial charge is 0.330 e. The third-order valence-corrected chi connectivity index (χ3v) is 7.45. The van der Waals surface area contributed by atoms with E-state index in [1.165, 1.54) is 27.7 Å². The molecular weight excluding hydrogens is 496 g/mol. The van der Waals surface area contributed by atoms with Gasteiger partial charge < -0.3 is 10.0 Å². The molecule has 2 N–H and O–H groups in total. The number of nitrogens with zero attached hydrogens (tertiary/aromatic N) is 5. The van der Waals surface area contributed by atoms with Gasteiger partial charge in [-0.05, 0) is 35.4 Å². The summed E-state index contributed by atoms with van der Waals surface area (Å²) in [5, 5.41) is 24.1. The second-order valence-corrected chi connectivity index (χ2v) is 9.57. The molecule has 2 aromatic carbocycles. The van der Waals surface area contributed by atoms with Crippen LogP contribution in [0.4, 0.5) is 10.5 Å². The fourth-order valence-electron chi connectivity index (χ4n) is 5.56. The van der Waals surface area contributed by atoms with Crippen molar-refractivity contribution in [3.63, 3.8) is 0 Å². The van der Waals surface area contributed by atoms with Crippen molar-refractivity contribution < 1.29 is 24.4 Å². The van der Waals surface area contributed by atoms with Gasteiger partial charge in [-0.1, -0.05) is 12.1 Å². The lowest BCUT2D eigenvalue weighted by Crippen LogP contribution is -2.48. The van der Waals surface area contributed by atoms with Crippen LogP contribution in [0.3, 0.4) is 0 Å². The first kappa shape index (κ1) is 23.3. The van der Waals surface area contributed by atoms with Crippen LogP contribution in [0, 0.1) is 10.1 Å². The molecule has 6 rings (SSSR count). The molecule has 0 unspecified atom stereocenters. The first-order valence-corrected chi connectivity index (χ1v) is 11.7. The first-order chi connectivity index (χ1) is 18.1. The number of fused-ring (bicyclic) bond motifs is 3. The molecule has 192 valence electrons. The highest BCUT2D eigenvalue weighted by atomic mass is 16.6. The van der Waals surface area contributed by atoms with Gasteiger partial charge in [-0.3, -0.25) is 39.1 Å². The number of pyridine rings is 1. The Morgan fingerprint density at radius 2 is 1.87 bits per heavy atom. The Bertz CT molecular complexity index is 1810. The Hall–Kier alpha value is -5.07. The zero-order valence-electron chi connectivity index (χ0n) is 20.0. The standard InChI is InChI=1S/C25H20N6O7/c1-28-23(35)27-22(34)25(28)9-14-7-13-5-6-16(26-17(13)8-15(14)10-25)11-29-18-3-2-4-19(31(37)38)21(18)30(24(29)36)12-20(32)33/h2-8H,9-12H2,1H3,(H,32,33)(H,27,34,35)/t25-/m1/s1. The van der Waals surface area contributed by atoms with Gasteiger partial charge in [0.25, 0.3) is 11.6 Å². The Labute approximate surface area is 213 Å². The lowest BCUT2D eigenvalue weighted by atomic mass is 9.95. The van der Waals surface area contributed by atoms with Gasteiger partial charge in [0.2, 0.25) is 0 Å². The number of carbonyl (C=O) groups is 3. The minimum absolute atomic E-state index is 0.0419. The van der Waals surface area contributed by atoms with Gasteiger partial charge in [0.1, 0.15) is 17.6 Å². The molecule has 1 fully saturated rings. The van der Waals surface area contributed by atoms with E-state index in [4.69, 9.17) is 4.98 Å². The lowest BCUT2D eigenvalue weighted by molar-refractivity contribution is -0.383. The zero-order valence-corrected chi connectivity index (χ0v) is 20.0. The number of benzene rings is 2. The summed E-state index contributed by atoms with van der Waals surface area (Å²) in [6, 6.07) is 11.1. The summed E-state index contributed by atoms with van der Waals surface area (Å²) in [6.07, 6.45) is 0.745. The maximum absolute atomic E-state index is 13.2. The molecule has 1 aliphatic carbocycles. The van der Waals surface area contributed by atoms with E-state index in [-0.39, 0.29) is 29.2 Å². The summed E-state index contributed by atoms with van der Waals surface area (Å²) in [5.74, 6) is -1.63. The van der Waals surface area contributed by atoms with E-state index < -0.39 is 34.7 Å². The van der Waals surface area contributed by atoms with Crippen LogP contribution < -0.4 is 11.0 Å². The van der Waals surface area contributed by atoms with E-state index in [2.05, 4.69) is 5.32 Å². The van der Waals surface area contributed by atoms with Crippen molar-refractivity contribution >= 4 is 45.5 Å². The minimum Gasteiger partial charge on any atom is -0.480 e. The molecule has 2 aromatic heterocycles. The SMILES string of the molecule is CN1C(=O)NC(=O)[C@]12Cc1cc3ccc(Cn4c(=O)n(CC(=O)O)c5c([N+](=O)[O-])cccc54)nc3cc1C2. The van der Waals surface area contributed by atoms with Gasteiger partial charge in [-0.2, -0.15) is 0 Å². The molecule has 38 heavy (non-hydrogen) atoms. The number of non-ortho nitro benzene ring substituents is 1. The Morgan fingerprint density at radius 1 is 1.13 bits per heavy atom. The lowest BCUT2D eigenvalue weighted by Gasteiger charge is -2.27. The van der Waals surface area contributed by atoms with Crippen molar-refractivity contribution in [2.45, 2.75) is 31.5 Å². The summed E-state index contributed by atoms with van der Waals surface area (Å²) >= 11 is 0. The molecule has 0 saturated carbocycles. The number of hydrogen-bond acceptors (Lipinski definition) is 7. The summed E-state index contributed by atoms with van der Waals surface area (Å²) < 4.78 is 2.15. The summed E-state index contributed by atoms with van der Waals surface area (Å²) in [5.41, 5.74) is 1.08. The second-order valence-electron chi connectivity index (χ2n) is 9.57. The summed E-state index contributed by atoms with van der Waals surface area (Å²) in [4.78, 5) is 66.4. The molecule has 1 atom stereocenters. The largest absolute Gasteiger partial charge is 0.480 e. The average molecular weight is 516 g/mol. The Morgan fingerprint density at radius 3 is 2.53 bits per heavy atom. The molecule has 0 radical (unpaired) electrons. The highest BCUT2D eigenvalue weighted by molar-refractivity contribution is 6.08. The van der Waals surface area contributed by atoms with Crippen LogP contribution in [0.2, 0.25) is 0 Å². The number of rotatable bonds is 5. The molecule has 2 aliphatic rings. The van der Waals surface area contributed by atoms with Gasteiger partial charge in [0, 0.05) is 31.3 Å². The van der Waals surface area contributed by atoms with Crippen molar-refractivity contribution in [2.75, 3.05) is 7.05 Å². The number of imide groups is 1. The molecule has 1 saturated heterocycles. The highest BCUT2D eigenvalue weighted by Crippen LogP contribution is 2.38. The van der Waals surface area contributed by atoms with Crippen LogP contribution in [0.5, 0.6) is 0 Å². The highest BCUT2D eigenvalue weighted by Gasteiger charge is 2.54. The predicted octanol–water partition coefficient (Wildman–Crippen LogP) is 1.41. The molecule has 4 aromatic rings. The van der Waals surface area contributed by atoms with Crippen LogP contribution in [-0.2, 0) is 35.5 Å². The topological polar surface area (TPSA) is 170 Å². The number of aromatic nitrogens is 3. The van der Waals surface area contributed by atoms with Gasteiger partial charge in [-0.25, -0.2) is 9.59 Å². The molecule has 13 heteroatoms. The Kier molecular flexibility index (Phi) is 4.89. The van der Waals surface area contributed by atoms with Crippen LogP contribution >= 0.6 is 0 Å². The van der Waals surface area contributed by atoms with E-state index in [9.17, 15) is 34.4 Å². The number of nitrogens with one attached hydrogen (secondary N) is 1. The number of amides is 3. The van der Waals surface area contributed by atoms with E-state index in [0.717, 1.165) is 21.1 Å². The van der Waals surface area contributed by atoms with Crippen molar-refractivity contribution in [3.05, 3.63) is 79.9 Å². The number of carboxylic acid groups (broad SMARTS) is 1. The number of aliphatic carboxylic acids is 1. The number of nitro benzene ring substituents is 1. The number of hydrogen-bond donors (Lipinski definition) is 2. The predicted molar refractivity (Wildman–Crippen MR) is 133 cm³/mol. The minimum atomic E-state index is -1.30. The molecule has 3 amide bonds. The number of para-hydroxylation sites is 1. The van der Waals surface area contributed by atoms with Gasteiger partial charge in [0.05, 0.1) is 28.2 Å². The maximum Gasteiger partial charge on any atom is 0.330 e. The van der Waals surface area contributed by atoms with Crippen molar-refractivity contribution in [1.82, 2.24) is 24.3 Å². The summed E-state index contributed by atoms with van der Waals surface area (Å²) in [6.45, 7) is -0.767. The van der Waals surface area contributed by atoms with Crippen LogP contribution in [0.1, 0.15) is 16.8 Å². The molecule has 1 aliphatic heterocycles. The van der Waals surface area contributed by atoms with Gasteiger partial charge in [0.15, 0.2) is 0 Å². The molecule has 1 spiro atoms. The van der Waals surface area contributed by atoms with Crippen molar-refractivity contribution in [1.29, 1.82) is 0 Å². The van der Waals surface area contributed by atoms with Gasteiger partial charge in [-0.15, -0.1) is 0 Å². The molecular formula is C25H20N6O7. The maximum atomic E-state index is 13.2. The fourth-order valence-corrected chi connectivity index (χ4v) is 5.56. The monoisotopic (exact) mass is 516 g/mol. The van der Waals surface area contributed by atoms with Crippen molar-refractivity contribution in [2.24, 2.45) is 0 Å². The van der Waals surface area contributed by atoms with Crippen molar-refractivity contribution in [3.8, 4) is 0 Å². The van der Waals surface area contributed by atoms with E-state index in [1.54, 1.807) is 13.1 Å².